The lowest BCUT2D eigenvalue weighted by Gasteiger charge is -2.25. The van der Waals surface area contributed by atoms with Gasteiger partial charge in [0.15, 0.2) is 0 Å². The van der Waals surface area contributed by atoms with Gasteiger partial charge in [-0.25, -0.2) is 4.98 Å². The summed E-state index contributed by atoms with van der Waals surface area (Å²) in [7, 11) is -3.37. The van der Waals surface area contributed by atoms with E-state index < -0.39 is 10.2 Å². The molecule has 0 amide bonds. The molecule has 1 aromatic carbocycles. The van der Waals surface area contributed by atoms with Crippen molar-refractivity contribution in [1.82, 2.24) is 14.0 Å². The van der Waals surface area contributed by atoms with Gasteiger partial charge < -0.3 is 0 Å². The molecule has 7 heteroatoms. The molecule has 1 aliphatic heterocycles. The van der Waals surface area contributed by atoms with Gasteiger partial charge in [0.05, 0.1) is 16.8 Å². The number of fused-ring (bicyclic) bond motifs is 1. The number of nitrogens with zero attached hydrogens (tertiary/aromatic N) is 2. The van der Waals surface area contributed by atoms with Crippen molar-refractivity contribution in [1.29, 1.82) is 0 Å². The topological polar surface area (TPSA) is 62.3 Å². The van der Waals surface area contributed by atoms with E-state index >= 15 is 0 Å². The number of aromatic nitrogens is 1. The lowest BCUT2D eigenvalue weighted by atomic mass is 10.2. The van der Waals surface area contributed by atoms with Crippen molar-refractivity contribution in [3.05, 3.63) is 29.3 Å². The fourth-order valence-electron chi connectivity index (χ4n) is 2.35. The molecule has 1 aromatic heterocycles. The Morgan fingerprint density at radius 2 is 1.95 bits per heavy atom. The quantitative estimate of drug-likeness (QED) is 0.941. The minimum Gasteiger partial charge on any atom is -0.240 e. The predicted molar refractivity (Wildman–Crippen MR) is 80.8 cm³/mol. The van der Waals surface area contributed by atoms with Crippen LogP contribution in [0.15, 0.2) is 24.3 Å². The monoisotopic (exact) mass is 311 g/mol. The minimum atomic E-state index is -3.37. The average molecular weight is 311 g/mol. The molecule has 2 heterocycles. The molecule has 0 unspecified atom stereocenters. The number of hydrogen-bond acceptors (Lipinski definition) is 4. The second-order valence-electron chi connectivity index (χ2n) is 4.86. The first-order valence-electron chi connectivity index (χ1n) is 6.74. The van der Waals surface area contributed by atoms with Crippen LogP contribution in [-0.4, -0.2) is 30.8 Å². The van der Waals surface area contributed by atoms with Crippen LogP contribution in [0.3, 0.4) is 0 Å². The normalized spacial score (nSPS) is 17.6. The van der Waals surface area contributed by atoms with Gasteiger partial charge in [-0.1, -0.05) is 18.6 Å². The molecule has 108 valence electrons. The summed E-state index contributed by atoms with van der Waals surface area (Å²) in [6.07, 6.45) is 3.01. The van der Waals surface area contributed by atoms with Crippen molar-refractivity contribution < 1.29 is 8.42 Å². The highest BCUT2D eigenvalue weighted by Gasteiger charge is 2.23. The molecule has 0 atom stereocenters. The average Bonchev–Trinajstić information content (AvgIpc) is 2.89. The van der Waals surface area contributed by atoms with Crippen LogP contribution in [0.5, 0.6) is 0 Å². The van der Waals surface area contributed by atoms with Gasteiger partial charge >= 0.3 is 0 Å². The van der Waals surface area contributed by atoms with Crippen molar-refractivity contribution in [2.45, 2.75) is 25.8 Å². The number of para-hydroxylation sites is 1. The van der Waals surface area contributed by atoms with Gasteiger partial charge in [0.1, 0.15) is 5.01 Å². The molecular weight excluding hydrogens is 294 g/mol. The van der Waals surface area contributed by atoms with E-state index in [0.29, 0.717) is 13.1 Å². The third-order valence-corrected chi connectivity index (χ3v) is 5.99. The molecular formula is C13H17N3O2S2. The fourth-order valence-corrected chi connectivity index (χ4v) is 4.58. The molecule has 5 nitrogen and oxygen atoms in total. The first-order chi connectivity index (χ1) is 9.65. The number of piperidine rings is 1. The summed E-state index contributed by atoms with van der Waals surface area (Å²) in [5.41, 5.74) is 0.921. The molecule has 0 radical (unpaired) electrons. The van der Waals surface area contributed by atoms with E-state index in [-0.39, 0.29) is 6.54 Å². The highest BCUT2D eigenvalue weighted by molar-refractivity contribution is 7.87. The smallest absolute Gasteiger partial charge is 0.240 e. The minimum absolute atomic E-state index is 0.262. The summed E-state index contributed by atoms with van der Waals surface area (Å²) in [6, 6.07) is 7.83. The van der Waals surface area contributed by atoms with Crippen LogP contribution in [0.1, 0.15) is 24.3 Å². The Labute approximate surface area is 122 Å². The Balaban J connectivity index is 1.68. The van der Waals surface area contributed by atoms with Gasteiger partial charge in [0, 0.05) is 13.1 Å². The zero-order chi connectivity index (χ0) is 14.0. The summed E-state index contributed by atoms with van der Waals surface area (Å²) in [5.74, 6) is 0. The van der Waals surface area contributed by atoms with Crippen LogP contribution >= 0.6 is 11.3 Å². The Kier molecular flexibility index (Phi) is 4.02. The van der Waals surface area contributed by atoms with Crippen molar-refractivity contribution in [3.8, 4) is 0 Å². The van der Waals surface area contributed by atoms with Crippen LogP contribution in [0, 0.1) is 0 Å². The van der Waals surface area contributed by atoms with E-state index in [1.165, 1.54) is 15.6 Å². The molecule has 1 fully saturated rings. The van der Waals surface area contributed by atoms with Gasteiger partial charge in [-0.2, -0.15) is 17.4 Å². The second-order valence-corrected chi connectivity index (χ2v) is 7.73. The summed E-state index contributed by atoms with van der Waals surface area (Å²) in [6.45, 7) is 1.50. The second kappa shape index (κ2) is 5.77. The highest BCUT2D eigenvalue weighted by Crippen LogP contribution is 2.21. The van der Waals surface area contributed by atoms with E-state index in [9.17, 15) is 8.42 Å². The molecule has 1 aliphatic rings. The zero-order valence-corrected chi connectivity index (χ0v) is 12.7. The van der Waals surface area contributed by atoms with Crippen LogP contribution in [-0.2, 0) is 16.8 Å². The molecule has 0 bridgehead atoms. The van der Waals surface area contributed by atoms with Crippen LogP contribution in [0.25, 0.3) is 10.2 Å². The summed E-state index contributed by atoms with van der Waals surface area (Å²) >= 11 is 1.53. The fraction of sp³-hybridized carbons (Fsp3) is 0.462. The molecule has 0 saturated carbocycles. The van der Waals surface area contributed by atoms with E-state index in [1.807, 2.05) is 24.3 Å². The lowest BCUT2D eigenvalue weighted by Crippen LogP contribution is -2.43. The molecule has 3 rings (SSSR count). The van der Waals surface area contributed by atoms with Gasteiger partial charge in [0.25, 0.3) is 10.2 Å². The van der Waals surface area contributed by atoms with Crippen molar-refractivity contribution >= 4 is 31.8 Å². The number of thiazole rings is 1. The maximum Gasteiger partial charge on any atom is 0.279 e. The Morgan fingerprint density at radius 1 is 1.20 bits per heavy atom. The molecule has 1 saturated heterocycles. The number of hydrogen-bond donors (Lipinski definition) is 1. The third-order valence-electron chi connectivity index (χ3n) is 3.40. The number of benzene rings is 1. The van der Waals surface area contributed by atoms with E-state index in [1.54, 1.807) is 0 Å². The van der Waals surface area contributed by atoms with E-state index in [2.05, 4.69) is 9.71 Å². The van der Waals surface area contributed by atoms with E-state index in [4.69, 9.17) is 0 Å². The summed E-state index contributed by atoms with van der Waals surface area (Å²) in [5, 5.41) is 0.798. The van der Waals surface area contributed by atoms with Gasteiger partial charge in [0.2, 0.25) is 0 Å². The maximum atomic E-state index is 12.2. The standard InChI is InChI=1S/C13H17N3O2S2/c17-20(18,16-8-4-1-5-9-16)14-10-13-15-11-6-2-3-7-12(11)19-13/h2-3,6-7,14H,1,4-5,8-10H2. The Morgan fingerprint density at radius 3 is 2.70 bits per heavy atom. The Hall–Kier alpha value is -1.02. The molecule has 0 spiro atoms. The largest absolute Gasteiger partial charge is 0.279 e. The third kappa shape index (κ3) is 3.01. The SMILES string of the molecule is O=S(=O)(NCc1nc2ccccc2s1)N1CCCCC1. The lowest BCUT2D eigenvalue weighted by molar-refractivity contribution is 0.341. The van der Waals surface area contributed by atoms with Crippen LogP contribution < -0.4 is 4.72 Å². The van der Waals surface area contributed by atoms with Crippen molar-refractivity contribution in [2.75, 3.05) is 13.1 Å². The molecule has 20 heavy (non-hydrogen) atoms. The number of nitrogens with one attached hydrogen (secondary N) is 1. The summed E-state index contributed by atoms with van der Waals surface area (Å²) in [4.78, 5) is 4.43. The molecule has 2 aromatic rings. The van der Waals surface area contributed by atoms with Gasteiger partial charge in [-0.05, 0) is 25.0 Å². The number of rotatable bonds is 4. The van der Waals surface area contributed by atoms with Crippen molar-refractivity contribution in [2.24, 2.45) is 0 Å². The molecule has 1 N–H and O–H groups in total. The molecule has 0 aliphatic carbocycles. The highest BCUT2D eigenvalue weighted by atomic mass is 32.2. The van der Waals surface area contributed by atoms with Crippen molar-refractivity contribution in [3.63, 3.8) is 0 Å². The zero-order valence-electron chi connectivity index (χ0n) is 11.1. The predicted octanol–water partition coefficient (Wildman–Crippen LogP) is 2.12. The summed E-state index contributed by atoms with van der Waals surface area (Å²) < 4.78 is 29.6. The maximum absolute atomic E-state index is 12.2. The first-order valence-corrected chi connectivity index (χ1v) is 9.00. The first kappa shape index (κ1) is 13.9. The van der Waals surface area contributed by atoms with Gasteiger partial charge in [-0.3, -0.25) is 0 Å². The van der Waals surface area contributed by atoms with Crippen LogP contribution in [0.2, 0.25) is 0 Å². The van der Waals surface area contributed by atoms with Gasteiger partial charge in [-0.15, -0.1) is 11.3 Å². The van der Waals surface area contributed by atoms with Crippen LogP contribution in [0.4, 0.5) is 0 Å². The Bertz CT molecular complexity index is 657. The van der Waals surface area contributed by atoms with E-state index in [0.717, 1.165) is 34.5 Å².